The van der Waals surface area contributed by atoms with E-state index < -0.39 is 5.82 Å². The summed E-state index contributed by atoms with van der Waals surface area (Å²) in [4.78, 5) is 11.1. The Kier molecular flexibility index (Phi) is 3.51. The van der Waals surface area contributed by atoms with Crippen LogP contribution in [0.15, 0.2) is 33.7 Å². The Morgan fingerprint density at radius 3 is 2.92 bits per heavy atom. The maximum atomic E-state index is 12.6. The minimum Gasteiger partial charge on any atom is -0.307 e. The van der Waals surface area contributed by atoms with Crippen molar-refractivity contribution in [3.8, 4) is 0 Å². The van der Waals surface area contributed by atoms with Gasteiger partial charge in [-0.3, -0.25) is 4.79 Å². The third kappa shape index (κ3) is 2.86. The highest BCUT2D eigenvalue weighted by Crippen LogP contribution is 2.05. The minimum absolute atomic E-state index is 0.0850. The monoisotopic (exact) mass is 221 g/mol. The van der Waals surface area contributed by atoms with Crippen molar-refractivity contribution in [2.24, 2.45) is 0 Å². The van der Waals surface area contributed by atoms with Gasteiger partial charge in [0.05, 0.1) is 6.54 Å². The lowest BCUT2D eigenvalue weighted by molar-refractivity contribution is 0.597. The molecule has 0 spiro atoms. The Hall–Kier alpha value is -0.800. The Labute approximate surface area is 84.2 Å². The number of hydrogen-bond donors (Lipinski definition) is 0. The van der Waals surface area contributed by atoms with Crippen molar-refractivity contribution in [3.63, 3.8) is 0 Å². The summed E-state index contributed by atoms with van der Waals surface area (Å²) in [5.41, 5.74) is 0.817. The zero-order chi connectivity index (χ0) is 9.84. The molecule has 0 amide bonds. The highest BCUT2D eigenvalue weighted by atomic mass is 35.5. The quantitative estimate of drug-likeness (QED) is 0.752. The van der Waals surface area contributed by atoms with Crippen LogP contribution in [0.25, 0.3) is 0 Å². The summed E-state index contributed by atoms with van der Waals surface area (Å²) in [5.74, 6) is -0.487. The Morgan fingerprint density at radius 2 is 2.31 bits per heavy atom. The smallest absolute Gasteiger partial charge is 0.251 e. The largest absolute Gasteiger partial charge is 0.307 e. The second-order valence-electron chi connectivity index (χ2n) is 2.37. The molecule has 1 aromatic rings. The molecule has 1 aromatic heterocycles. The van der Waals surface area contributed by atoms with E-state index in [4.69, 9.17) is 23.2 Å². The molecule has 0 saturated heterocycles. The number of rotatable bonds is 2. The number of pyridine rings is 1. The molecular formula is C8H6Cl2FNO. The molecule has 0 saturated carbocycles. The molecule has 0 bridgehead atoms. The fourth-order valence-electron chi connectivity index (χ4n) is 0.823. The molecule has 0 aliphatic rings. The molecule has 0 aliphatic carbocycles. The first-order valence-corrected chi connectivity index (χ1v) is 4.25. The van der Waals surface area contributed by atoms with Gasteiger partial charge < -0.3 is 4.57 Å². The van der Waals surface area contributed by atoms with Crippen LogP contribution >= 0.6 is 23.2 Å². The highest BCUT2D eigenvalue weighted by Gasteiger charge is 1.99. The average Bonchev–Trinajstić information content (AvgIpc) is 2.11. The molecule has 0 aliphatic heterocycles. The summed E-state index contributed by atoms with van der Waals surface area (Å²) in [6.07, 6.45) is 1.07. The predicted molar refractivity (Wildman–Crippen MR) is 50.4 cm³/mol. The molecule has 0 radical (unpaired) electrons. The molecule has 5 heteroatoms. The van der Waals surface area contributed by atoms with Gasteiger partial charge in [-0.1, -0.05) is 23.2 Å². The van der Waals surface area contributed by atoms with Crippen molar-refractivity contribution < 1.29 is 4.39 Å². The van der Waals surface area contributed by atoms with E-state index in [9.17, 15) is 9.18 Å². The molecular weight excluding hydrogens is 216 g/mol. The first kappa shape index (κ1) is 10.3. The molecule has 0 fully saturated rings. The fourth-order valence-corrected chi connectivity index (χ4v) is 1.02. The SMILES string of the molecule is O=c1ccc(F)cn1C/C(Cl)=C/Cl. The summed E-state index contributed by atoms with van der Waals surface area (Å²) in [7, 11) is 0. The topological polar surface area (TPSA) is 22.0 Å². The van der Waals surface area contributed by atoms with Crippen molar-refractivity contribution in [1.82, 2.24) is 4.57 Å². The van der Waals surface area contributed by atoms with E-state index in [1.165, 1.54) is 0 Å². The average molecular weight is 222 g/mol. The van der Waals surface area contributed by atoms with E-state index >= 15 is 0 Å². The van der Waals surface area contributed by atoms with Gasteiger partial charge in [-0.2, -0.15) is 0 Å². The standard InChI is InChI=1S/C8H6Cl2FNO/c9-3-6(10)4-12-5-7(11)1-2-8(12)13/h1-3,5H,4H2/b6-3-. The third-order valence-corrected chi connectivity index (χ3v) is 1.99. The Morgan fingerprint density at radius 1 is 1.62 bits per heavy atom. The second-order valence-corrected chi connectivity index (χ2v) is 3.07. The lowest BCUT2D eigenvalue weighted by Crippen LogP contribution is -2.18. The summed E-state index contributed by atoms with van der Waals surface area (Å²) < 4.78 is 13.8. The Bertz CT molecular complexity index is 386. The summed E-state index contributed by atoms with van der Waals surface area (Å²) in [6.45, 7) is 0.0850. The molecule has 0 N–H and O–H groups in total. The molecule has 2 nitrogen and oxygen atoms in total. The lowest BCUT2D eigenvalue weighted by Gasteiger charge is -2.02. The first-order valence-electron chi connectivity index (χ1n) is 3.44. The van der Waals surface area contributed by atoms with E-state index in [1.807, 2.05) is 0 Å². The first-order chi connectivity index (χ1) is 6.13. The van der Waals surface area contributed by atoms with Gasteiger partial charge in [0.15, 0.2) is 0 Å². The minimum atomic E-state index is -0.487. The van der Waals surface area contributed by atoms with Gasteiger partial charge in [-0.05, 0) is 6.07 Å². The summed E-state index contributed by atoms with van der Waals surface area (Å²) in [6, 6.07) is 2.23. The van der Waals surface area contributed by atoms with Crippen molar-refractivity contribution in [2.75, 3.05) is 0 Å². The number of nitrogens with zero attached hydrogens (tertiary/aromatic N) is 1. The molecule has 70 valence electrons. The van der Waals surface area contributed by atoms with Crippen molar-refractivity contribution in [2.45, 2.75) is 6.54 Å². The number of allylic oxidation sites excluding steroid dienone is 1. The van der Waals surface area contributed by atoms with Crippen LogP contribution in [-0.4, -0.2) is 4.57 Å². The summed E-state index contributed by atoms with van der Waals surface area (Å²) in [5, 5.41) is 0.273. The highest BCUT2D eigenvalue weighted by molar-refractivity contribution is 6.36. The van der Waals surface area contributed by atoms with Crippen LogP contribution in [0.2, 0.25) is 0 Å². The summed E-state index contributed by atoms with van der Waals surface area (Å²) >= 11 is 10.9. The van der Waals surface area contributed by atoms with Gasteiger partial charge in [-0.25, -0.2) is 4.39 Å². The predicted octanol–water partition coefficient (Wildman–Crippen LogP) is 2.31. The Balaban J connectivity index is 3.01. The third-order valence-electron chi connectivity index (χ3n) is 1.39. The van der Waals surface area contributed by atoms with Crippen LogP contribution in [0.5, 0.6) is 0 Å². The van der Waals surface area contributed by atoms with Gasteiger partial charge >= 0.3 is 0 Å². The van der Waals surface area contributed by atoms with Crippen molar-refractivity contribution in [3.05, 3.63) is 45.1 Å². The maximum absolute atomic E-state index is 12.6. The van der Waals surface area contributed by atoms with E-state index in [0.717, 1.165) is 28.4 Å². The van der Waals surface area contributed by atoms with Crippen LogP contribution in [0, 0.1) is 5.82 Å². The van der Waals surface area contributed by atoms with E-state index in [0.29, 0.717) is 0 Å². The zero-order valence-electron chi connectivity index (χ0n) is 6.51. The number of hydrogen-bond acceptors (Lipinski definition) is 1. The van der Waals surface area contributed by atoms with Gasteiger partial charge in [0.25, 0.3) is 5.56 Å². The lowest BCUT2D eigenvalue weighted by atomic mass is 10.4. The maximum Gasteiger partial charge on any atom is 0.251 e. The van der Waals surface area contributed by atoms with Crippen LogP contribution in [0.4, 0.5) is 4.39 Å². The molecule has 0 atom stereocenters. The second kappa shape index (κ2) is 4.44. The molecule has 1 rings (SSSR count). The zero-order valence-corrected chi connectivity index (χ0v) is 8.02. The number of halogens is 3. The van der Waals surface area contributed by atoms with Crippen molar-refractivity contribution >= 4 is 23.2 Å². The van der Waals surface area contributed by atoms with Gasteiger partial charge in [0.1, 0.15) is 5.82 Å². The molecule has 0 aromatic carbocycles. The van der Waals surface area contributed by atoms with Crippen LogP contribution in [0.1, 0.15) is 0 Å². The van der Waals surface area contributed by atoms with Gasteiger partial charge in [0, 0.05) is 22.8 Å². The van der Waals surface area contributed by atoms with E-state index in [2.05, 4.69) is 0 Å². The normalized spacial score (nSPS) is 11.8. The van der Waals surface area contributed by atoms with Crippen LogP contribution < -0.4 is 5.56 Å². The van der Waals surface area contributed by atoms with Crippen LogP contribution in [0.3, 0.4) is 0 Å². The molecule has 1 heterocycles. The fraction of sp³-hybridized carbons (Fsp3) is 0.125. The van der Waals surface area contributed by atoms with Gasteiger partial charge in [0.2, 0.25) is 0 Å². The number of aromatic nitrogens is 1. The van der Waals surface area contributed by atoms with Crippen LogP contribution in [-0.2, 0) is 6.54 Å². The van der Waals surface area contributed by atoms with Gasteiger partial charge in [-0.15, -0.1) is 0 Å². The van der Waals surface area contributed by atoms with E-state index in [1.54, 1.807) is 0 Å². The van der Waals surface area contributed by atoms with Crippen molar-refractivity contribution in [1.29, 1.82) is 0 Å². The molecule has 13 heavy (non-hydrogen) atoms. The molecule has 0 unspecified atom stereocenters. The van der Waals surface area contributed by atoms with E-state index in [-0.39, 0.29) is 17.1 Å².